The van der Waals surface area contributed by atoms with E-state index in [1.165, 1.54) is 11.8 Å². The lowest BCUT2D eigenvalue weighted by molar-refractivity contribution is -0.121. The predicted octanol–water partition coefficient (Wildman–Crippen LogP) is 5.54. The zero-order chi connectivity index (χ0) is 25.3. The fourth-order valence-electron chi connectivity index (χ4n) is 4.03. The number of hydrogen-bond acceptors (Lipinski definition) is 5. The number of ether oxygens (including phenoxy) is 1. The van der Waals surface area contributed by atoms with Gasteiger partial charge in [0.25, 0.3) is 0 Å². The first-order valence-corrected chi connectivity index (χ1v) is 12.8. The van der Waals surface area contributed by atoms with Crippen LogP contribution in [0.15, 0.2) is 89.5 Å². The van der Waals surface area contributed by atoms with Crippen LogP contribution in [-0.2, 0) is 22.6 Å². The third kappa shape index (κ3) is 6.35. The lowest BCUT2D eigenvalue weighted by Gasteiger charge is -2.25. The van der Waals surface area contributed by atoms with Crippen molar-refractivity contribution in [3.8, 4) is 11.8 Å². The number of para-hydroxylation sites is 1. The monoisotopic (exact) mass is 497 g/mol. The normalized spacial score (nSPS) is 15.1. The quantitative estimate of drug-likeness (QED) is 0.405. The molecule has 182 valence electrons. The van der Waals surface area contributed by atoms with E-state index in [9.17, 15) is 14.9 Å². The molecule has 0 spiro atoms. The Hall–Kier alpha value is -4.02. The van der Waals surface area contributed by atoms with Crippen molar-refractivity contribution in [3.05, 3.63) is 106 Å². The molecule has 3 aromatic rings. The van der Waals surface area contributed by atoms with E-state index >= 15 is 0 Å². The van der Waals surface area contributed by atoms with E-state index < -0.39 is 0 Å². The van der Waals surface area contributed by atoms with Crippen LogP contribution in [0.5, 0.6) is 5.75 Å². The molecule has 1 unspecified atom stereocenters. The van der Waals surface area contributed by atoms with Gasteiger partial charge < -0.3 is 15.4 Å². The Balaban J connectivity index is 1.43. The first kappa shape index (κ1) is 25.1. The predicted molar refractivity (Wildman–Crippen MR) is 142 cm³/mol. The smallest absolute Gasteiger partial charge is 0.234 e. The summed E-state index contributed by atoms with van der Waals surface area (Å²) in [4.78, 5) is 25.1. The van der Waals surface area contributed by atoms with Crippen LogP contribution in [-0.4, -0.2) is 17.6 Å². The molecule has 36 heavy (non-hydrogen) atoms. The van der Waals surface area contributed by atoms with Crippen molar-refractivity contribution in [2.75, 3.05) is 11.1 Å². The van der Waals surface area contributed by atoms with Gasteiger partial charge >= 0.3 is 0 Å². The largest absolute Gasteiger partial charge is 0.489 e. The van der Waals surface area contributed by atoms with E-state index in [1.54, 1.807) is 0 Å². The molecule has 1 atom stereocenters. The molecule has 0 saturated carbocycles. The third-order valence-electron chi connectivity index (χ3n) is 5.91. The molecular weight excluding hydrogens is 470 g/mol. The molecule has 0 fully saturated rings. The van der Waals surface area contributed by atoms with E-state index in [0.717, 1.165) is 28.8 Å². The second-order valence-electron chi connectivity index (χ2n) is 8.35. The fourth-order valence-corrected chi connectivity index (χ4v) is 4.91. The Labute approximate surface area is 215 Å². The van der Waals surface area contributed by atoms with Gasteiger partial charge in [-0.25, -0.2) is 0 Å². The lowest BCUT2D eigenvalue weighted by Crippen LogP contribution is -2.31. The van der Waals surface area contributed by atoms with E-state index in [2.05, 4.69) is 16.7 Å². The number of thioether (sulfide) groups is 1. The van der Waals surface area contributed by atoms with E-state index in [1.807, 2.05) is 85.8 Å². The van der Waals surface area contributed by atoms with Crippen LogP contribution in [0.25, 0.3) is 0 Å². The SMILES string of the molecule is CCc1ccccc1NC(=O)CSC1=C(C#N)C(c2ccc(OCc3ccccc3)cc2)CC(=O)N1. The first-order chi connectivity index (χ1) is 17.6. The van der Waals surface area contributed by atoms with Crippen LogP contribution >= 0.6 is 11.8 Å². The van der Waals surface area contributed by atoms with Crippen molar-refractivity contribution in [2.45, 2.75) is 32.3 Å². The maximum atomic E-state index is 12.6. The first-order valence-electron chi connectivity index (χ1n) is 11.8. The Bertz CT molecular complexity index is 1300. The highest BCUT2D eigenvalue weighted by Crippen LogP contribution is 2.36. The van der Waals surface area contributed by atoms with Gasteiger partial charge in [-0.3, -0.25) is 9.59 Å². The Morgan fingerprint density at radius 1 is 1.08 bits per heavy atom. The maximum Gasteiger partial charge on any atom is 0.234 e. The van der Waals surface area contributed by atoms with Crippen molar-refractivity contribution >= 4 is 29.3 Å². The van der Waals surface area contributed by atoms with Crippen LogP contribution in [0, 0.1) is 11.3 Å². The molecule has 0 aromatic heterocycles. The van der Waals surface area contributed by atoms with Gasteiger partial charge in [0.1, 0.15) is 12.4 Å². The lowest BCUT2D eigenvalue weighted by atomic mass is 9.87. The molecule has 0 saturated heterocycles. The summed E-state index contributed by atoms with van der Waals surface area (Å²) < 4.78 is 5.86. The highest BCUT2D eigenvalue weighted by Gasteiger charge is 2.30. The molecule has 3 aromatic carbocycles. The highest BCUT2D eigenvalue weighted by atomic mass is 32.2. The number of hydrogen-bond donors (Lipinski definition) is 2. The van der Waals surface area contributed by atoms with Crippen LogP contribution in [0.2, 0.25) is 0 Å². The summed E-state index contributed by atoms with van der Waals surface area (Å²) in [6.45, 7) is 2.49. The molecule has 2 amide bonds. The van der Waals surface area contributed by atoms with Gasteiger partial charge in [-0.2, -0.15) is 5.26 Å². The minimum Gasteiger partial charge on any atom is -0.489 e. The fraction of sp³-hybridized carbons (Fsp3) is 0.207. The molecular formula is C29H27N3O3S. The molecule has 0 radical (unpaired) electrons. The standard InChI is InChI=1S/C29H27N3O3S/c1-2-21-10-6-7-11-26(21)31-28(34)19-36-29-25(17-30)24(16-27(33)32-29)22-12-14-23(15-13-22)35-18-20-8-4-3-5-9-20/h3-15,24H,2,16,18-19H2,1H3,(H,31,34)(H,32,33). The zero-order valence-corrected chi connectivity index (χ0v) is 20.8. The molecule has 7 heteroatoms. The highest BCUT2D eigenvalue weighted by molar-refractivity contribution is 8.03. The number of nitrogens with one attached hydrogen (secondary N) is 2. The Morgan fingerprint density at radius 2 is 1.81 bits per heavy atom. The number of carbonyl (C=O) groups is 2. The van der Waals surface area contributed by atoms with Crippen LogP contribution in [0.1, 0.15) is 36.0 Å². The number of rotatable bonds is 9. The van der Waals surface area contributed by atoms with Crippen molar-refractivity contribution in [1.82, 2.24) is 5.32 Å². The zero-order valence-electron chi connectivity index (χ0n) is 20.0. The Morgan fingerprint density at radius 3 is 2.53 bits per heavy atom. The summed E-state index contributed by atoms with van der Waals surface area (Å²) in [7, 11) is 0. The minimum atomic E-state index is -0.377. The molecule has 0 aliphatic carbocycles. The van der Waals surface area contributed by atoms with Crippen LogP contribution in [0.4, 0.5) is 5.69 Å². The summed E-state index contributed by atoms with van der Waals surface area (Å²) in [6.07, 6.45) is 0.981. The maximum absolute atomic E-state index is 12.6. The number of allylic oxidation sites excluding steroid dienone is 1. The average molecular weight is 498 g/mol. The topological polar surface area (TPSA) is 91.2 Å². The molecule has 4 rings (SSSR count). The minimum absolute atomic E-state index is 0.0812. The third-order valence-corrected chi connectivity index (χ3v) is 6.92. The van der Waals surface area contributed by atoms with Gasteiger partial charge in [-0.05, 0) is 41.3 Å². The van der Waals surface area contributed by atoms with E-state index in [-0.39, 0.29) is 29.9 Å². The van der Waals surface area contributed by atoms with Crippen molar-refractivity contribution in [2.24, 2.45) is 0 Å². The second kappa shape index (κ2) is 12.1. The molecule has 6 nitrogen and oxygen atoms in total. The second-order valence-corrected chi connectivity index (χ2v) is 9.34. The van der Waals surface area contributed by atoms with Crippen molar-refractivity contribution < 1.29 is 14.3 Å². The average Bonchev–Trinajstić information content (AvgIpc) is 2.91. The molecule has 1 heterocycles. The van der Waals surface area contributed by atoms with Gasteiger partial charge in [0, 0.05) is 18.0 Å². The Kier molecular flexibility index (Phi) is 8.43. The van der Waals surface area contributed by atoms with Gasteiger partial charge in [-0.15, -0.1) is 0 Å². The van der Waals surface area contributed by atoms with Crippen LogP contribution in [0.3, 0.4) is 0 Å². The number of benzene rings is 3. The van der Waals surface area contributed by atoms with Gasteiger partial charge in [-0.1, -0.05) is 79.3 Å². The molecule has 1 aliphatic heterocycles. The summed E-state index contributed by atoms with van der Waals surface area (Å²) >= 11 is 1.17. The van der Waals surface area contributed by atoms with Crippen LogP contribution < -0.4 is 15.4 Å². The number of anilines is 1. The number of aryl methyl sites for hydroxylation is 1. The number of nitrogens with zero attached hydrogens (tertiary/aromatic N) is 1. The van der Waals surface area contributed by atoms with Crippen molar-refractivity contribution in [1.29, 1.82) is 5.26 Å². The van der Waals surface area contributed by atoms with Gasteiger partial charge in [0.05, 0.1) is 22.4 Å². The molecule has 1 aliphatic rings. The van der Waals surface area contributed by atoms with E-state index in [4.69, 9.17) is 4.74 Å². The number of amides is 2. The van der Waals surface area contributed by atoms with Gasteiger partial charge in [0.15, 0.2) is 0 Å². The number of nitriles is 1. The van der Waals surface area contributed by atoms with Gasteiger partial charge in [0.2, 0.25) is 11.8 Å². The summed E-state index contributed by atoms with van der Waals surface area (Å²) in [5.74, 6) is 0.0459. The van der Waals surface area contributed by atoms with Crippen molar-refractivity contribution in [3.63, 3.8) is 0 Å². The van der Waals surface area contributed by atoms with E-state index in [0.29, 0.717) is 23.0 Å². The molecule has 0 bridgehead atoms. The molecule has 2 N–H and O–H groups in total. The summed E-state index contributed by atoms with van der Waals surface area (Å²) in [6, 6.07) is 27.3. The summed E-state index contributed by atoms with van der Waals surface area (Å²) in [5, 5.41) is 16.1. The summed E-state index contributed by atoms with van der Waals surface area (Å²) in [5.41, 5.74) is 4.21. The number of carbonyl (C=O) groups excluding carboxylic acids is 2.